The van der Waals surface area contributed by atoms with E-state index in [1.54, 1.807) is 24.3 Å². The van der Waals surface area contributed by atoms with Crippen LogP contribution in [0.25, 0.3) is 0 Å². The van der Waals surface area contributed by atoms with Crippen molar-refractivity contribution in [2.45, 2.75) is 19.4 Å². The molecule has 0 aliphatic carbocycles. The number of hydrogen-bond acceptors (Lipinski definition) is 3. The minimum Gasteiger partial charge on any atom is -0.480 e. The van der Waals surface area contributed by atoms with Gasteiger partial charge in [0.1, 0.15) is 6.04 Å². The van der Waals surface area contributed by atoms with Crippen molar-refractivity contribution >= 4 is 5.97 Å². The quantitative estimate of drug-likeness (QED) is 0.651. The molecule has 4 heteroatoms. The standard InChI is InChI=1S/C8H12N2O2/c1-7(8(11)12)9-10-5-3-2-4-6-10/h3-7,9H,2H2,1H3,(H,11,12)/t7-/m0/s1. The Kier molecular flexibility index (Phi) is 2.88. The summed E-state index contributed by atoms with van der Waals surface area (Å²) in [5, 5.41) is 10.2. The van der Waals surface area contributed by atoms with Crippen LogP contribution in [0.15, 0.2) is 24.6 Å². The fourth-order valence-corrected chi connectivity index (χ4v) is 0.842. The maximum atomic E-state index is 10.4. The highest BCUT2D eigenvalue weighted by atomic mass is 16.4. The van der Waals surface area contributed by atoms with Crippen LogP contribution in [0, 0.1) is 0 Å². The number of nitrogens with one attached hydrogen (secondary N) is 1. The zero-order chi connectivity index (χ0) is 8.97. The molecule has 12 heavy (non-hydrogen) atoms. The Morgan fingerprint density at radius 3 is 2.67 bits per heavy atom. The van der Waals surface area contributed by atoms with E-state index in [0.717, 1.165) is 6.42 Å². The summed E-state index contributed by atoms with van der Waals surface area (Å²) in [6, 6.07) is -0.572. The van der Waals surface area contributed by atoms with Crippen molar-refractivity contribution in [2.75, 3.05) is 0 Å². The smallest absolute Gasteiger partial charge is 0.322 e. The Balaban J connectivity index is 2.40. The number of carbonyl (C=O) groups is 1. The molecule has 0 unspecified atom stereocenters. The lowest BCUT2D eigenvalue weighted by molar-refractivity contribution is -0.139. The van der Waals surface area contributed by atoms with Crippen LogP contribution in [0.4, 0.5) is 0 Å². The number of allylic oxidation sites excluding steroid dienone is 2. The largest absolute Gasteiger partial charge is 0.480 e. The topological polar surface area (TPSA) is 52.6 Å². The van der Waals surface area contributed by atoms with E-state index in [9.17, 15) is 4.79 Å². The van der Waals surface area contributed by atoms with E-state index < -0.39 is 12.0 Å². The molecule has 1 rings (SSSR count). The minimum atomic E-state index is -0.859. The van der Waals surface area contributed by atoms with Crippen molar-refractivity contribution in [1.29, 1.82) is 0 Å². The van der Waals surface area contributed by atoms with Gasteiger partial charge >= 0.3 is 5.97 Å². The number of hydrogen-bond donors (Lipinski definition) is 2. The van der Waals surface area contributed by atoms with E-state index in [-0.39, 0.29) is 0 Å². The molecule has 0 bridgehead atoms. The van der Waals surface area contributed by atoms with Crippen LogP contribution in [0.2, 0.25) is 0 Å². The van der Waals surface area contributed by atoms with Gasteiger partial charge in [-0.3, -0.25) is 9.80 Å². The molecule has 0 saturated carbocycles. The molecule has 4 nitrogen and oxygen atoms in total. The third-order valence-corrected chi connectivity index (χ3v) is 1.52. The summed E-state index contributed by atoms with van der Waals surface area (Å²) in [6.45, 7) is 1.60. The monoisotopic (exact) mass is 168 g/mol. The molecule has 0 aromatic carbocycles. The van der Waals surface area contributed by atoms with Crippen LogP contribution >= 0.6 is 0 Å². The molecular formula is C8H12N2O2. The Labute approximate surface area is 71.1 Å². The second-order valence-electron chi connectivity index (χ2n) is 2.60. The summed E-state index contributed by atoms with van der Waals surface area (Å²) in [5.41, 5.74) is 2.78. The molecule has 1 atom stereocenters. The predicted molar refractivity (Wildman–Crippen MR) is 45.0 cm³/mol. The maximum Gasteiger partial charge on any atom is 0.322 e. The van der Waals surface area contributed by atoms with Gasteiger partial charge < -0.3 is 5.11 Å². The van der Waals surface area contributed by atoms with Crippen molar-refractivity contribution in [1.82, 2.24) is 10.4 Å². The van der Waals surface area contributed by atoms with Gasteiger partial charge in [-0.2, -0.15) is 0 Å². The van der Waals surface area contributed by atoms with E-state index in [1.165, 1.54) is 0 Å². The zero-order valence-electron chi connectivity index (χ0n) is 6.90. The minimum absolute atomic E-state index is 0.572. The van der Waals surface area contributed by atoms with E-state index in [0.29, 0.717) is 0 Å². The van der Waals surface area contributed by atoms with Crippen LogP contribution in [-0.4, -0.2) is 22.1 Å². The molecule has 0 aromatic heterocycles. The van der Waals surface area contributed by atoms with Gasteiger partial charge in [0.05, 0.1) is 0 Å². The average Bonchev–Trinajstić information content (AvgIpc) is 2.06. The fourth-order valence-electron chi connectivity index (χ4n) is 0.842. The van der Waals surface area contributed by atoms with Crippen LogP contribution in [0.5, 0.6) is 0 Å². The summed E-state index contributed by atoms with van der Waals surface area (Å²) in [7, 11) is 0. The van der Waals surface area contributed by atoms with E-state index >= 15 is 0 Å². The van der Waals surface area contributed by atoms with E-state index in [2.05, 4.69) is 5.43 Å². The van der Waals surface area contributed by atoms with Gasteiger partial charge in [-0.25, -0.2) is 5.43 Å². The van der Waals surface area contributed by atoms with Gasteiger partial charge in [-0.15, -0.1) is 0 Å². The first kappa shape index (κ1) is 8.80. The SMILES string of the molecule is C[C@H](NN1C=CCC=C1)C(=O)O. The van der Waals surface area contributed by atoms with Crippen molar-refractivity contribution < 1.29 is 9.90 Å². The summed E-state index contributed by atoms with van der Waals surface area (Å²) >= 11 is 0. The first-order chi connectivity index (χ1) is 5.70. The Bertz CT molecular complexity index is 211. The molecular weight excluding hydrogens is 156 g/mol. The number of rotatable bonds is 3. The second kappa shape index (κ2) is 3.92. The molecule has 0 radical (unpaired) electrons. The predicted octanol–water partition coefficient (Wildman–Crippen LogP) is 0.697. The van der Waals surface area contributed by atoms with Crippen molar-refractivity contribution in [3.63, 3.8) is 0 Å². The Morgan fingerprint density at radius 2 is 2.17 bits per heavy atom. The van der Waals surface area contributed by atoms with Gasteiger partial charge in [0.2, 0.25) is 0 Å². The summed E-state index contributed by atoms with van der Waals surface area (Å²) < 4.78 is 0. The van der Waals surface area contributed by atoms with Gasteiger partial charge in [-0.1, -0.05) is 12.2 Å². The zero-order valence-corrected chi connectivity index (χ0v) is 6.90. The summed E-state index contributed by atoms with van der Waals surface area (Å²) in [6.07, 6.45) is 8.40. The van der Waals surface area contributed by atoms with Crippen molar-refractivity contribution in [3.05, 3.63) is 24.6 Å². The lowest BCUT2D eigenvalue weighted by atomic mass is 10.3. The molecule has 0 spiro atoms. The van der Waals surface area contributed by atoms with Crippen LogP contribution in [-0.2, 0) is 4.79 Å². The van der Waals surface area contributed by atoms with E-state index in [1.807, 2.05) is 12.2 Å². The first-order valence-corrected chi connectivity index (χ1v) is 3.81. The second-order valence-corrected chi connectivity index (χ2v) is 2.60. The first-order valence-electron chi connectivity index (χ1n) is 3.81. The van der Waals surface area contributed by atoms with Gasteiger partial charge in [0.15, 0.2) is 0 Å². The molecule has 0 amide bonds. The Morgan fingerprint density at radius 1 is 1.58 bits per heavy atom. The third-order valence-electron chi connectivity index (χ3n) is 1.52. The lowest BCUT2D eigenvalue weighted by Gasteiger charge is -2.21. The highest BCUT2D eigenvalue weighted by Gasteiger charge is 2.11. The maximum absolute atomic E-state index is 10.4. The third kappa shape index (κ3) is 2.39. The molecule has 1 aliphatic rings. The number of nitrogens with zero attached hydrogens (tertiary/aromatic N) is 1. The highest BCUT2D eigenvalue weighted by molar-refractivity contribution is 5.72. The van der Waals surface area contributed by atoms with Crippen LogP contribution < -0.4 is 5.43 Å². The number of hydrazine groups is 1. The molecule has 66 valence electrons. The fraction of sp³-hybridized carbons (Fsp3) is 0.375. The highest BCUT2D eigenvalue weighted by Crippen LogP contribution is 1.99. The van der Waals surface area contributed by atoms with Crippen molar-refractivity contribution in [2.24, 2.45) is 0 Å². The van der Waals surface area contributed by atoms with Crippen molar-refractivity contribution in [3.8, 4) is 0 Å². The summed E-state index contributed by atoms with van der Waals surface area (Å²) in [5.74, 6) is -0.859. The number of aliphatic carboxylic acids is 1. The molecule has 0 saturated heterocycles. The molecule has 1 heterocycles. The number of carboxylic acids is 1. The molecule has 0 aromatic rings. The van der Waals surface area contributed by atoms with E-state index in [4.69, 9.17) is 5.11 Å². The lowest BCUT2D eigenvalue weighted by Crippen LogP contribution is -2.41. The number of carboxylic acid groups (broad SMARTS) is 1. The van der Waals surface area contributed by atoms with Crippen LogP contribution in [0.3, 0.4) is 0 Å². The summed E-state index contributed by atoms with van der Waals surface area (Å²) in [4.78, 5) is 10.4. The van der Waals surface area contributed by atoms with Crippen LogP contribution in [0.1, 0.15) is 13.3 Å². The molecule has 0 fully saturated rings. The van der Waals surface area contributed by atoms with Gasteiger partial charge in [0.25, 0.3) is 0 Å². The van der Waals surface area contributed by atoms with Gasteiger partial charge in [0, 0.05) is 12.4 Å². The van der Waals surface area contributed by atoms with Gasteiger partial charge in [-0.05, 0) is 13.3 Å². The normalized spacial score (nSPS) is 17.9. The molecule has 2 N–H and O–H groups in total. The Hall–Kier alpha value is -1.29. The average molecular weight is 168 g/mol. The molecule has 1 aliphatic heterocycles.